The molecule has 0 aromatic carbocycles. The number of nitrogens with two attached hydrogens (primary N) is 2. The van der Waals surface area contributed by atoms with E-state index in [-0.39, 0.29) is 0 Å². The van der Waals surface area contributed by atoms with Crippen LogP contribution in [0.2, 0.25) is 0 Å². The van der Waals surface area contributed by atoms with Crippen LogP contribution in [0.5, 0.6) is 0 Å². The Kier molecular flexibility index (Phi) is 2.62. The van der Waals surface area contributed by atoms with Gasteiger partial charge >= 0.3 is 56.7 Å². The summed E-state index contributed by atoms with van der Waals surface area (Å²) in [6.45, 7) is 0. The van der Waals surface area contributed by atoms with Gasteiger partial charge in [-0.2, -0.15) is 0 Å². The first kappa shape index (κ1) is 9.34. The maximum absolute atomic E-state index is 9.92. The van der Waals surface area contributed by atoms with Crippen LogP contribution in [0.4, 0.5) is 0 Å². The van der Waals surface area contributed by atoms with Crippen molar-refractivity contribution in [1.29, 1.82) is 0 Å². The van der Waals surface area contributed by atoms with Gasteiger partial charge in [0, 0.05) is 0 Å². The molecule has 4 N–H and O–H groups in total. The molecule has 0 spiro atoms. The van der Waals surface area contributed by atoms with Gasteiger partial charge in [0.25, 0.3) is 0 Å². The Morgan fingerprint density at radius 2 is 1.11 bits per heavy atom. The summed E-state index contributed by atoms with van der Waals surface area (Å²) in [5.74, 6) is 0. The molecule has 0 saturated carbocycles. The first-order chi connectivity index (χ1) is 3.71. The van der Waals surface area contributed by atoms with Gasteiger partial charge in [0.2, 0.25) is 0 Å². The van der Waals surface area contributed by atoms with E-state index < -0.39 is 29.6 Å². The summed E-state index contributed by atoms with van der Waals surface area (Å²) >= 11 is -0.396. The third kappa shape index (κ3) is 8.34. The van der Waals surface area contributed by atoms with Crippen LogP contribution < -0.4 is 10.3 Å². The molecule has 0 saturated heterocycles. The quantitative estimate of drug-likeness (QED) is 0.502. The molecule has 0 fully saturated rings. The van der Waals surface area contributed by atoms with E-state index in [0.29, 0.717) is 0 Å². The third-order valence-electron chi connectivity index (χ3n) is 0.140. The van der Waals surface area contributed by atoms with Crippen molar-refractivity contribution in [1.82, 2.24) is 0 Å². The molecule has 0 aliphatic rings. The Labute approximate surface area is 57.0 Å². The van der Waals surface area contributed by atoms with E-state index in [0.717, 1.165) is 0 Å². The molecular formula is H4CuN2O4S2. The monoisotopic (exact) mass is 223 g/mol. The van der Waals surface area contributed by atoms with Gasteiger partial charge < -0.3 is 0 Å². The van der Waals surface area contributed by atoms with E-state index in [9.17, 15) is 16.8 Å². The molecule has 0 amide bonds. The topological polar surface area (TPSA) is 120 Å². The minimum absolute atomic E-state index is 0.396. The first-order valence-corrected chi connectivity index (χ1v) is 6.46. The van der Waals surface area contributed by atoms with Crippen molar-refractivity contribution >= 4 is 16.9 Å². The molecule has 6 nitrogen and oxygen atoms in total. The zero-order valence-corrected chi connectivity index (χ0v) is 6.48. The maximum atomic E-state index is 9.92. The van der Waals surface area contributed by atoms with E-state index in [2.05, 4.69) is 10.3 Å². The molecule has 0 aliphatic heterocycles. The summed E-state index contributed by atoms with van der Waals surface area (Å²) in [4.78, 5) is 0. The van der Waals surface area contributed by atoms with E-state index in [1.807, 2.05) is 0 Å². The van der Waals surface area contributed by atoms with Gasteiger partial charge in [-0.15, -0.1) is 0 Å². The summed E-state index contributed by atoms with van der Waals surface area (Å²) < 4.78 is 39.7. The fraction of sp³-hybridized carbons (Fsp3) is 0. The Balaban J connectivity index is 4.46. The average molecular weight is 224 g/mol. The van der Waals surface area contributed by atoms with Gasteiger partial charge in [-0.3, -0.25) is 0 Å². The average Bonchev–Trinajstić information content (AvgIpc) is 1.14. The van der Waals surface area contributed by atoms with Crippen molar-refractivity contribution in [2.75, 3.05) is 0 Å². The van der Waals surface area contributed by atoms with Crippen molar-refractivity contribution in [3.8, 4) is 0 Å². The van der Waals surface area contributed by atoms with Crippen LogP contribution in [0.25, 0.3) is 0 Å². The Morgan fingerprint density at radius 1 is 0.889 bits per heavy atom. The van der Waals surface area contributed by atoms with Crippen LogP contribution in [0.15, 0.2) is 0 Å². The standard InChI is InChI=1S/Cu.2H2NO2S/c;2*1-4(2)3/h;2*(H2,1,2,3). The molecule has 0 aliphatic carbocycles. The van der Waals surface area contributed by atoms with Crippen molar-refractivity contribution in [3.05, 3.63) is 0 Å². The second kappa shape index (κ2) is 2.52. The van der Waals surface area contributed by atoms with Crippen molar-refractivity contribution in [2.24, 2.45) is 10.3 Å². The van der Waals surface area contributed by atoms with Gasteiger partial charge in [0.05, 0.1) is 0 Å². The predicted octanol–water partition coefficient (Wildman–Crippen LogP) is -2.52. The van der Waals surface area contributed by atoms with E-state index in [4.69, 9.17) is 0 Å². The van der Waals surface area contributed by atoms with Crippen LogP contribution in [0, 0.1) is 0 Å². The predicted molar refractivity (Wildman–Crippen MR) is 26.2 cm³/mol. The molecule has 0 aromatic rings. The number of hydrogen-bond donors (Lipinski definition) is 2. The SMILES string of the molecule is N[S](=O)(=O)[Cu][S](N)(=O)=O. The van der Waals surface area contributed by atoms with Crippen molar-refractivity contribution < 1.29 is 29.6 Å². The molecule has 9 heavy (non-hydrogen) atoms. The van der Waals surface area contributed by atoms with Gasteiger partial charge in [-0.25, -0.2) is 0 Å². The molecule has 0 rings (SSSR count). The van der Waals surface area contributed by atoms with Gasteiger partial charge in [-0.1, -0.05) is 0 Å². The molecule has 61 valence electrons. The molecule has 9 heteroatoms. The number of rotatable bonds is 2. The fourth-order valence-electron chi connectivity index (χ4n) is 0.0976. The summed E-state index contributed by atoms with van der Waals surface area (Å²) in [7, 11) is -8.18. The second-order valence-corrected chi connectivity index (χ2v) is 7.67. The van der Waals surface area contributed by atoms with Gasteiger partial charge in [0.15, 0.2) is 0 Å². The van der Waals surface area contributed by atoms with Crippen LogP contribution in [0.3, 0.4) is 0 Å². The zero-order valence-electron chi connectivity index (χ0n) is 3.91. The summed E-state index contributed by atoms with van der Waals surface area (Å²) in [6.07, 6.45) is 0. The molecule has 0 radical (unpaired) electrons. The van der Waals surface area contributed by atoms with Gasteiger partial charge in [-0.05, 0) is 0 Å². The summed E-state index contributed by atoms with van der Waals surface area (Å²) in [5, 5.41) is 8.59. The van der Waals surface area contributed by atoms with Crippen LogP contribution in [0.1, 0.15) is 0 Å². The molecule has 0 aromatic heterocycles. The Bertz CT molecular complexity index is 242. The van der Waals surface area contributed by atoms with Crippen LogP contribution in [-0.4, -0.2) is 16.8 Å². The fourth-order valence-corrected chi connectivity index (χ4v) is 3.62. The number of hydrogen-bond acceptors (Lipinski definition) is 4. The molecule has 0 atom stereocenters. The van der Waals surface area contributed by atoms with E-state index >= 15 is 0 Å². The van der Waals surface area contributed by atoms with Crippen LogP contribution in [-0.2, 0) is 29.6 Å². The normalized spacial score (nSPS) is 14.0. The Morgan fingerprint density at radius 3 is 1.11 bits per heavy atom. The van der Waals surface area contributed by atoms with Crippen molar-refractivity contribution in [2.45, 2.75) is 0 Å². The summed E-state index contributed by atoms with van der Waals surface area (Å²) in [6, 6.07) is 0. The molecule has 0 heterocycles. The minimum atomic E-state index is -4.09. The summed E-state index contributed by atoms with van der Waals surface area (Å²) in [5.41, 5.74) is 0. The molecule has 0 unspecified atom stereocenters. The van der Waals surface area contributed by atoms with Crippen molar-refractivity contribution in [3.63, 3.8) is 0 Å². The van der Waals surface area contributed by atoms with E-state index in [1.54, 1.807) is 0 Å². The molecule has 0 bridgehead atoms. The Hall–Kier alpha value is 0.339. The van der Waals surface area contributed by atoms with Crippen LogP contribution >= 0.6 is 0 Å². The third-order valence-corrected chi connectivity index (χ3v) is 5.20. The zero-order chi connectivity index (χ0) is 7.71. The molecular weight excluding hydrogens is 220 g/mol. The second-order valence-electron chi connectivity index (χ2n) is 0.914. The van der Waals surface area contributed by atoms with Gasteiger partial charge in [0.1, 0.15) is 0 Å². The first-order valence-electron chi connectivity index (χ1n) is 1.38. The van der Waals surface area contributed by atoms with E-state index in [1.165, 1.54) is 0 Å².